The van der Waals surface area contributed by atoms with E-state index in [0.29, 0.717) is 39.8 Å². The third-order valence-electron chi connectivity index (χ3n) is 5.32. The summed E-state index contributed by atoms with van der Waals surface area (Å²) in [4.78, 5) is 16.5. The number of nitrogens with zero attached hydrogens (tertiary/aromatic N) is 2. The number of ether oxygens (including phenoxy) is 3. The summed E-state index contributed by atoms with van der Waals surface area (Å²) in [6.07, 6.45) is 1.64. The zero-order valence-electron chi connectivity index (χ0n) is 18.6. The Morgan fingerprint density at radius 1 is 0.824 bits per heavy atom. The lowest BCUT2D eigenvalue weighted by molar-refractivity contribution is 0.0693. The molecule has 3 aromatic carbocycles. The first-order chi connectivity index (χ1) is 16.4. The topological polar surface area (TPSA) is 123 Å². The number of hydrogen-bond acceptors (Lipinski definition) is 7. The van der Waals surface area contributed by atoms with Gasteiger partial charge in [-0.15, -0.1) is 0 Å². The predicted molar refractivity (Wildman–Crippen MR) is 124 cm³/mol. The Bertz CT molecular complexity index is 1380. The molecule has 0 saturated carbocycles. The van der Waals surface area contributed by atoms with Crippen LogP contribution in [-0.2, 0) is 0 Å². The van der Waals surface area contributed by atoms with E-state index in [-0.39, 0.29) is 22.8 Å². The van der Waals surface area contributed by atoms with Gasteiger partial charge < -0.3 is 29.5 Å². The molecule has 1 aromatic heterocycles. The fourth-order valence-electron chi connectivity index (χ4n) is 3.58. The highest BCUT2D eigenvalue weighted by Gasteiger charge is 2.21. The summed E-state index contributed by atoms with van der Waals surface area (Å²) in [5, 5.41) is 30.7. The highest BCUT2D eigenvalue weighted by atomic mass is 16.5. The second-order valence-corrected chi connectivity index (χ2v) is 7.28. The van der Waals surface area contributed by atoms with Gasteiger partial charge in [0.2, 0.25) is 0 Å². The van der Waals surface area contributed by atoms with Crippen molar-refractivity contribution in [3.8, 4) is 57.1 Å². The summed E-state index contributed by atoms with van der Waals surface area (Å²) in [5.41, 5.74) is 1.53. The van der Waals surface area contributed by atoms with Crippen LogP contribution in [0.3, 0.4) is 0 Å². The van der Waals surface area contributed by atoms with Crippen molar-refractivity contribution in [2.75, 3.05) is 21.3 Å². The van der Waals surface area contributed by atoms with Crippen molar-refractivity contribution < 1.29 is 34.3 Å². The van der Waals surface area contributed by atoms with Crippen LogP contribution in [-0.4, -0.2) is 52.2 Å². The fraction of sp³-hybridized carbons (Fsp3) is 0.120. The van der Waals surface area contributed by atoms with Gasteiger partial charge in [0.05, 0.1) is 32.6 Å². The number of rotatable bonds is 7. The minimum atomic E-state index is -1.16. The molecule has 4 rings (SSSR count). The molecule has 0 aliphatic heterocycles. The highest BCUT2D eigenvalue weighted by molar-refractivity contribution is 5.91. The Hall–Kier alpha value is -4.66. The summed E-state index contributed by atoms with van der Waals surface area (Å²) in [7, 11) is 4.41. The minimum Gasteiger partial charge on any atom is -0.507 e. The number of phenolic OH excluding ortho intramolecular Hbond substituents is 2. The number of imidazole rings is 1. The van der Waals surface area contributed by atoms with Gasteiger partial charge >= 0.3 is 5.97 Å². The van der Waals surface area contributed by atoms with Crippen molar-refractivity contribution in [2.45, 2.75) is 0 Å². The number of hydrogen-bond donors (Lipinski definition) is 3. The summed E-state index contributed by atoms with van der Waals surface area (Å²) >= 11 is 0. The first kappa shape index (κ1) is 22.5. The molecule has 0 aliphatic rings. The van der Waals surface area contributed by atoms with Gasteiger partial charge in [0.15, 0.2) is 0 Å². The minimum absolute atomic E-state index is 0.0205. The highest BCUT2D eigenvalue weighted by Crippen LogP contribution is 2.38. The van der Waals surface area contributed by atoms with Crippen LogP contribution in [0, 0.1) is 0 Å². The molecule has 34 heavy (non-hydrogen) atoms. The first-order valence-electron chi connectivity index (χ1n) is 10.1. The molecule has 0 unspecified atom stereocenters. The van der Waals surface area contributed by atoms with E-state index in [9.17, 15) is 20.1 Å². The Morgan fingerprint density at radius 2 is 1.44 bits per heavy atom. The predicted octanol–water partition coefficient (Wildman–Crippen LogP) is 4.34. The maximum absolute atomic E-state index is 11.8. The maximum Gasteiger partial charge on any atom is 0.339 e. The zero-order valence-corrected chi connectivity index (χ0v) is 18.6. The standard InChI is InChI=1S/C25H22N2O7/c1-32-15-5-7-21(28)17(11-15)20-13-27(14-4-9-23(34-3)19(10-14)25(30)31)24(26-20)18-12-16(33-2)6-8-22(18)29/h4-13,28-29H,1-3H3,(H,30,31). The van der Waals surface area contributed by atoms with Gasteiger partial charge in [0, 0.05) is 17.4 Å². The Morgan fingerprint density at radius 3 is 2.03 bits per heavy atom. The molecule has 0 saturated heterocycles. The lowest BCUT2D eigenvalue weighted by Gasteiger charge is -2.12. The maximum atomic E-state index is 11.8. The van der Waals surface area contributed by atoms with Crippen molar-refractivity contribution in [3.05, 3.63) is 66.4 Å². The Kier molecular flexibility index (Phi) is 6.01. The van der Waals surface area contributed by atoms with Crippen LogP contribution in [0.2, 0.25) is 0 Å². The van der Waals surface area contributed by atoms with E-state index >= 15 is 0 Å². The number of carboxylic acids is 1. The molecule has 0 amide bonds. The molecule has 1 heterocycles. The van der Waals surface area contributed by atoms with Gasteiger partial charge in [0.1, 0.15) is 40.1 Å². The monoisotopic (exact) mass is 462 g/mol. The van der Waals surface area contributed by atoms with Gasteiger partial charge in [-0.1, -0.05) is 0 Å². The molecule has 9 nitrogen and oxygen atoms in total. The lowest BCUT2D eigenvalue weighted by atomic mass is 10.1. The van der Waals surface area contributed by atoms with E-state index in [0.717, 1.165) is 0 Å². The molecular formula is C25H22N2O7. The summed E-state index contributed by atoms with van der Waals surface area (Å²) in [6, 6.07) is 14.1. The average molecular weight is 462 g/mol. The average Bonchev–Trinajstić information content (AvgIpc) is 3.29. The molecule has 0 bridgehead atoms. The van der Waals surface area contributed by atoms with E-state index in [2.05, 4.69) is 4.98 Å². The number of carbonyl (C=O) groups is 1. The first-order valence-corrected chi connectivity index (χ1v) is 10.1. The third-order valence-corrected chi connectivity index (χ3v) is 5.32. The van der Waals surface area contributed by atoms with Crippen LogP contribution in [0.1, 0.15) is 10.4 Å². The van der Waals surface area contributed by atoms with Crippen LogP contribution < -0.4 is 14.2 Å². The number of aromatic nitrogens is 2. The van der Waals surface area contributed by atoms with E-state index in [1.165, 1.54) is 45.6 Å². The molecule has 4 aromatic rings. The van der Waals surface area contributed by atoms with Crippen LogP contribution in [0.5, 0.6) is 28.7 Å². The summed E-state index contributed by atoms with van der Waals surface area (Å²) < 4.78 is 17.4. The van der Waals surface area contributed by atoms with Crippen LogP contribution in [0.25, 0.3) is 28.3 Å². The largest absolute Gasteiger partial charge is 0.507 e. The number of benzene rings is 3. The number of phenols is 2. The number of methoxy groups -OCH3 is 3. The van der Waals surface area contributed by atoms with Crippen molar-refractivity contribution >= 4 is 5.97 Å². The second kappa shape index (κ2) is 9.07. The third kappa shape index (κ3) is 4.06. The van der Waals surface area contributed by atoms with Crippen LogP contribution in [0.4, 0.5) is 0 Å². The number of aromatic hydroxyl groups is 2. The molecule has 3 N–H and O–H groups in total. The quantitative estimate of drug-likeness (QED) is 0.371. The van der Waals surface area contributed by atoms with Gasteiger partial charge in [-0.3, -0.25) is 4.57 Å². The Labute approximate surface area is 195 Å². The van der Waals surface area contributed by atoms with Crippen molar-refractivity contribution in [1.29, 1.82) is 0 Å². The molecule has 0 aliphatic carbocycles. The molecule has 0 atom stereocenters. The normalized spacial score (nSPS) is 10.7. The molecule has 0 radical (unpaired) electrons. The van der Waals surface area contributed by atoms with E-state index in [1.54, 1.807) is 41.1 Å². The molecule has 174 valence electrons. The van der Waals surface area contributed by atoms with Crippen LogP contribution >= 0.6 is 0 Å². The summed E-state index contributed by atoms with van der Waals surface area (Å²) in [5.74, 6) is 0.284. The second-order valence-electron chi connectivity index (χ2n) is 7.28. The van der Waals surface area contributed by atoms with Crippen molar-refractivity contribution in [2.24, 2.45) is 0 Å². The molecular weight excluding hydrogens is 440 g/mol. The smallest absolute Gasteiger partial charge is 0.339 e. The van der Waals surface area contributed by atoms with Gasteiger partial charge in [0.25, 0.3) is 0 Å². The molecule has 0 fully saturated rings. The summed E-state index contributed by atoms with van der Waals surface area (Å²) in [6.45, 7) is 0. The van der Waals surface area contributed by atoms with Gasteiger partial charge in [-0.25, -0.2) is 9.78 Å². The van der Waals surface area contributed by atoms with Crippen molar-refractivity contribution in [3.63, 3.8) is 0 Å². The fourth-order valence-corrected chi connectivity index (χ4v) is 3.58. The SMILES string of the molecule is COc1ccc(O)c(-c2cn(-c3ccc(OC)c(C(=O)O)c3)c(-c3cc(OC)ccc3O)n2)c1. The van der Waals surface area contributed by atoms with Crippen LogP contribution in [0.15, 0.2) is 60.8 Å². The van der Waals surface area contributed by atoms with E-state index < -0.39 is 5.97 Å². The number of carboxylic acid groups (broad SMARTS) is 1. The Balaban J connectivity index is 2.00. The molecule has 9 heteroatoms. The van der Waals surface area contributed by atoms with E-state index in [4.69, 9.17) is 14.2 Å². The van der Waals surface area contributed by atoms with Crippen molar-refractivity contribution in [1.82, 2.24) is 9.55 Å². The lowest BCUT2D eigenvalue weighted by Crippen LogP contribution is -2.04. The molecule has 0 spiro atoms. The van der Waals surface area contributed by atoms with E-state index in [1.807, 2.05) is 0 Å². The van der Waals surface area contributed by atoms with Gasteiger partial charge in [-0.05, 0) is 54.6 Å². The zero-order chi connectivity index (χ0) is 24.4. The van der Waals surface area contributed by atoms with Gasteiger partial charge in [-0.2, -0.15) is 0 Å². The number of aromatic carboxylic acids is 1.